The van der Waals surface area contributed by atoms with Crippen molar-refractivity contribution in [2.75, 3.05) is 13.6 Å². The molecule has 1 atom stereocenters. The molecule has 1 N–H and O–H groups in total. The Kier molecular flexibility index (Phi) is 4.86. The van der Waals surface area contributed by atoms with E-state index in [1.165, 1.54) is 4.90 Å². The van der Waals surface area contributed by atoms with Crippen LogP contribution in [0.2, 0.25) is 0 Å². The molecule has 0 radical (unpaired) electrons. The molecule has 0 amide bonds. The summed E-state index contributed by atoms with van der Waals surface area (Å²) < 4.78 is 0. The zero-order chi connectivity index (χ0) is 8.85. The first kappa shape index (κ1) is 10.4. The molecule has 0 fully saturated rings. The Labute approximate surface area is 68.0 Å². The van der Waals surface area contributed by atoms with Gasteiger partial charge in [-0.15, -0.1) is 0 Å². The van der Waals surface area contributed by atoms with Gasteiger partial charge in [0.1, 0.15) is 0 Å². The molecule has 0 aromatic heterocycles. The minimum Gasteiger partial charge on any atom is -0.550 e. The van der Waals surface area contributed by atoms with E-state index >= 15 is 0 Å². The predicted octanol–water partition coefficient (Wildman–Crippen LogP) is -1.56. The number of carboxylic acid groups (broad SMARTS) is 1. The van der Waals surface area contributed by atoms with Gasteiger partial charge >= 0.3 is 0 Å². The number of quaternary nitrogens is 1. The molecule has 3 heteroatoms. The van der Waals surface area contributed by atoms with Crippen LogP contribution in [0.3, 0.4) is 0 Å². The third-order valence-electron chi connectivity index (χ3n) is 1.94. The summed E-state index contributed by atoms with van der Waals surface area (Å²) in [6.45, 7) is 5.15. The van der Waals surface area contributed by atoms with Crippen molar-refractivity contribution >= 4 is 5.97 Å². The van der Waals surface area contributed by atoms with E-state index < -0.39 is 5.97 Å². The molecule has 0 aliphatic carbocycles. The lowest BCUT2D eigenvalue weighted by Gasteiger charge is -2.17. The summed E-state index contributed by atoms with van der Waals surface area (Å²) in [6.07, 6.45) is 0.899. The van der Waals surface area contributed by atoms with Crippen molar-refractivity contribution in [3.8, 4) is 0 Å². The van der Waals surface area contributed by atoms with E-state index in [-0.39, 0.29) is 6.42 Å². The average Bonchev–Trinajstić information content (AvgIpc) is 1.86. The molecule has 0 spiro atoms. The summed E-state index contributed by atoms with van der Waals surface area (Å²) >= 11 is 0. The van der Waals surface area contributed by atoms with Crippen LogP contribution in [0.4, 0.5) is 0 Å². The molecule has 0 saturated carbocycles. The molecular weight excluding hydrogens is 142 g/mol. The number of nitrogens with one attached hydrogen (secondary N) is 1. The molecule has 0 heterocycles. The number of carbonyl (C=O) groups is 1. The van der Waals surface area contributed by atoms with Crippen LogP contribution in [0, 0.1) is 0 Å². The summed E-state index contributed by atoms with van der Waals surface area (Å²) in [5.41, 5.74) is 0. The monoisotopic (exact) mass is 159 g/mol. The summed E-state index contributed by atoms with van der Waals surface area (Å²) in [7, 11) is 2.07. The van der Waals surface area contributed by atoms with Crippen molar-refractivity contribution < 1.29 is 14.8 Å². The lowest BCUT2D eigenvalue weighted by Crippen LogP contribution is -3.12. The standard InChI is InChI=1S/C8H17NO2/c1-7(2)9(3)6-4-5-8(10)11/h7H,4-6H2,1-3H3,(H,10,11). The van der Waals surface area contributed by atoms with Crippen molar-refractivity contribution in [2.45, 2.75) is 32.7 Å². The number of aliphatic carboxylic acids is 1. The van der Waals surface area contributed by atoms with Gasteiger partial charge in [0.2, 0.25) is 0 Å². The minimum absolute atomic E-state index is 0.185. The van der Waals surface area contributed by atoms with Gasteiger partial charge in [-0.05, 0) is 20.3 Å². The summed E-state index contributed by atoms with van der Waals surface area (Å²) in [6, 6.07) is 0.566. The maximum absolute atomic E-state index is 10.0. The van der Waals surface area contributed by atoms with Crippen molar-refractivity contribution in [1.29, 1.82) is 0 Å². The molecule has 0 aromatic rings. The number of carboxylic acids is 1. The quantitative estimate of drug-likeness (QED) is 0.527. The lowest BCUT2D eigenvalue weighted by atomic mass is 10.2. The van der Waals surface area contributed by atoms with Gasteiger partial charge in [0, 0.05) is 12.4 Å². The molecule has 0 aliphatic rings. The molecule has 0 saturated heterocycles. The van der Waals surface area contributed by atoms with Crippen molar-refractivity contribution in [2.24, 2.45) is 0 Å². The van der Waals surface area contributed by atoms with E-state index in [4.69, 9.17) is 0 Å². The third kappa shape index (κ3) is 5.85. The van der Waals surface area contributed by atoms with E-state index in [9.17, 15) is 9.90 Å². The van der Waals surface area contributed by atoms with Crippen LogP contribution in [0.5, 0.6) is 0 Å². The van der Waals surface area contributed by atoms with E-state index in [1.807, 2.05) is 0 Å². The molecule has 66 valence electrons. The van der Waals surface area contributed by atoms with Crippen LogP contribution in [-0.2, 0) is 4.79 Å². The minimum atomic E-state index is -0.943. The largest absolute Gasteiger partial charge is 0.550 e. The Bertz CT molecular complexity index is 123. The Morgan fingerprint density at radius 3 is 2.45 bits per heavy atom. The van der Waals surface area contributed by atoms with Crippen LogP contribution in [0.25, 0.3) is 0 Å². The van der Waals surface area contributed by atoms with Crippen molar-refractivity contribution in [1.82, 2.24) is 0 Å². The fourth-order valence-electron chi connectivity index (χ4n) is 0.800. The second kappa shape index (κ2) is 5.13. The molecule has 1 unspecified atom stereocenters. The molecule has 3 nitrogen and oxygen atoms in total. The summed E-state index contributed by atoms with van der Waals surface area (Å²) in [5, 5.41) is 10.0. The highest BCUT2D eigenvalue weighted by atomic mass is 16.4. The second-order valence-corrected chi connectivity index (χ2v) is 3.23. The van der Waals surface area contributed by atoms with Gasteiger partial charge in [-0.25, -0.2) is 0 Å². The fourth-order valence-corrected chi connectivity index (χ4v) is 0.800. The van der Waals surface area contributed by atoms with Gasteiger partial charge in [0.15, 0.2) is 0 Å². The van der Waals surface area contributed by atoms with E-state index in [0.29, 0.717) is 12.5 Å². The highest BCUT2D eigenvalue weighted by Crippen LogP contribution is 1.81. The van der Waals surface area contributed by atoms with Gasteiger partial charge in [-0.3, -0.25) is 0 Å². The highest BCUT2D eigenvalue weighted by molar-refractivity contribution is 5.64. The summed E-state index contributed by atoms with van der Waals surface area (Å²) in [4.78, 5) is 11.4. The smallest absolute Gasteiger partial charge is 0.0815 e. The molecule has 0 rings (SSSR count). The maximum atomic E-state index is 10.0. The average molecular weight is 159 g/mol. The zero-order valence-electron chi connectivity index (χ0n) is 7.52. The Hall–Kier alpha value is -0.570. The SMILES string of the molecule is CC(C)[NH+](C)CCCC(=O)[O-]. The van der Waals surface area contributed by atoms with Crippen LogP contribution in [-0.4, -0.2) is 25.6 Å². The first-order chi connectivity index (χ1) is 5.04. The summed E-state index contributed by atoms with van der Waals surface area (Å²) in [5.74, 6) is -0.943. The molecule has 0 bridgehead atoms. The highest BCUT2D eigenvalue weighted by Gasteiger charge is 2.04. The number of hydrogen-bond acceptors (Lipinski definition) is 2. The van der Waals surface area contributed by atoms with E-state index in [1.54, 1.807) is 0 Å². The van der Waals surface area contributed by atoms with Crippen LogP contribution in [0.1, 0.15) is 26.7 Å². The molecule has 0 aromatic carbocycles. The lowest BCUT2D eigenvalue weighted by molar-refractivity contribution is -0.901. The fraction of sp³-hybridized carbons (Fsp3) is 0.875. The normalized spacial score (nSPS) is 13.5. The predicted molar refractivity (Wildman–Crippen MR) is 41.1 cm³/mol. The maximum Gasteiger partial charge on any atom is 0.0815 e. The Balaban J connectivity index is 3.31. The Morgan fingerprint density at radius 1 is 1.55 bits per heavy atom. The molecule has 0 aliphatic heterocycles. The van der Waals surface area contributed by atoms with Crippen LogP contribution < -0.4 is 10.0 Å². The third-order valence-corrected chi connectivity index (χ3v) is 1.94. The molecule has 11 heavy (non-hydrogen) atoms. The van der Waals surface area contributed by atoms with Crippen LogP contribution in [0.15, 0.2) is 0 Å². The van der Waals surface area contributed by atoms with Gasteiger partial charge in [-0.1, -0.05) is 0 Å². The Morgan fingerprint density at radius 2 is 2.09 bits per heavy atom. The van der Waals surface area contributed by atoms with Gasteiger partial charge in [-0.2, -0.15) is 0 Å². The van der Waals surface area contributed by atoms with Crippen molar-refractivity contribution in [3.05, 3.63) is 0 Å². The van der Waals surface area contributed by atoms with Gasteiger partial charge < -0.3 is 14.8 Å². The van der Waals surface area contributed by atoms with E-state index in [2.05, 4.69) is 20.9 Å². The van der Waals surface area contributed by atoms with E-state index in [0.717, 1.165) is 6.54 Å². The zero-order valence-corrected chi connectivity index (χ0v) is 7.52. The van der Waals surface area contributed by atoms with Gasteiger partial charge in [0.25, 0.3) is 0 Å². The number of rotatable bonds is 5. The second-order valence-electron chi connectivity index (χ2n) is 3.23. The van der Waals surface area contributed by atoms with Crippen molar-refractivity contribution in [3.63, 3.8) is 0 Å². The van der Waals surface area contributed by atoms with Gasteiger partial charge in [0.05, 0.1) is 19.6 Å². The first-order valence-electron chi connectivity index (χ1n) is 4.06. The number of hydrogen-bond donors (Lipinski definition) is 1. The topological polar surface area (TPSA) is 44.6 Å². The van der Waals surface area contributed by atoms with Crippen LogP contribution >= 0.6 is 0 Å². The molecular formula is C8H17NO2. The number of carbonyl (C=O) groups excluding carboxylic acids is 1. The first-order valence-corrected chi connectivity index (χ1v) is 4.06.